The van der Waals surface area contributed by atoms with Crippen molar-refractivity contribution >= 4 is 27.7 Å². The largest absolute Gasteiger partial charge is 0.393 e. The third kappa shape index (κ3) is 3.23. The summed E-state index contributed by atoms with van der Waals surface area (Å²) in [6, 6.07) is 5.47. The van der Waals surface area contributed by atoms with Gasteiger partial charge in [-0.15, -0.1) is 0 Å². The quantitative estimate of drug-likeness (QED) is 0.512. The number of halogens is 2. The van der Waals surface area contributed by atoms with Crippen molar-refractivity contribution in [1.29, 1.82) is 0 Å². The van der Waals surface area contributed by atoms with E-state index in [2.05, 4.69) is 21.2 Å². The molecule has 1 aromatic rings. The van der Waals surface area contributed by atoms with Crippen LogP contribution in [0.25, 0.3) is 0 Å². The number of nitrogens with zero attached hydrogens (tertiary/aromatic N) is 1. The minimum Gasteiger partial charge on any atom is -0.393 e. The molecule has 132 valence electrons. The highest BCUT2D eigenvalue weighted by atomic mass is 79.9. The number of hydrogen-bond acceptors (Lipinski definition) is 5. The number of carbonyl (C=O) groups excluding carboxylic acids is 2. The van der Waals surface area contributed by atoms with Gasteiger partial charge < -0.3 is 15.2 Å². The first-order valence-electron chi connectivity index (χ1n) is 7.37. The average Bonchev–Trinajstić information content (AvgIpc) is 3.06. The van der Waals surface area contributed by atoms with Crippen LogP contribution in [0.1, 0.15) is 10.4 Å². The fourth-order valence-corrected chi connectivity index (χ4v) is 2.94. The maximum Gasteiger partial charge on any atom is 0.326 e. The highest BCUT2D eigenvalue weighted by Crippen LogP contribution is 2.27. The van der Waals surface area contributed by atoms with Gasteiger partial charge in [0.05, 0.1) is 6.61 Å². The molecule has 3 rings (SSSR count). The summed E-state index contributed by atoms with van der Waals surface area (Å²) in [6.45, 7) is -0.267. The van der Waals surface area contributed by atoms with Crippen molar-refractivity contribution in [3.8, 4) is 0 Å². The average molecular weight is 412 g/mol. The molecule has 0 spiro atoms. The van der Waals surface area contributed by atoms with Gasteiger partial charge >= 0.3 is 6.03 Å². The molecule has 1 unspecified atom stereocenters. The van der Waals surface area contributed by atoms with Gasteiger partial charge in [0.2, 0.25) is 11.4 Å². The van der Waals surface area contributed by atoms with Crippen molar-refractivity contribution in [1.82, 2.24) is 10.2 Å². The molecule has 7 nitrogen and oxygen atoms in total. The predicted octanol–water partition coefficient (Wildman–Crippen LogP) is 1.40. The molecule has 0 aromatic heterocycles. The van der Waals surface area contributed by atoms with E-state index in [9.17, 15) is 14.0 Å². The molecule has 2 amide bonds. The number of rotatable bonds is 4. The van der Waals surface area contributed by atoms with Gasteiger partial charge in [-0.05, 0) is 18.2 Å². The lowest BCUT2D eigenvalue weighted by Gasteiger charge is -2.37. The number of ketones is 1. The Bertz CT molecular complexity index is 784. The van der Waals surface area contributed by atoms with E-state index in [1.54, 1.807) is 18.2 Å². The van der Waals surface area contributed by atoms with E-state index in [-0.39, 0.29) is 12.2 Å². The van der Waals surface area contributed by atoms with Crippen molar-refractivity contribution < 1.29 is 23.8 Å². The monoisotopic (exact) mass is 411 g/mol. The van der Waals surface area contributed by atoms with Crippen molar-refractivity contribution in [3.63, 3.8) is 0 Å². The van der Waals surface area contributed by atoms with Crippen LogP contribution in [0.4, 0.5) is 9.18 Å². The van der Waals surface area contributed by atoms with E-state index in [1.807, 2.05) is 0 Å². The maximum absolute atomic E-state index is 14.6. The number of aliphatic hydroxyl groups excluding tert-OH is 1. The zero-order valence-corrected chi connectivity index (χ0v) is 14.4. The fourth-order valence-electron chi connectivity index (χ4n) is 2.54. The second kappa shape index (κ2) is 6.68. The van der Waals surface area contributed by atoms with Crippen molar-refractivity contribution in [2.45, 2.75) is 18.0 Å². The van der Waals surface area contributed by atoms with E-state index in [0.29, 0.717) is 4.47 Å². The van der Waals surface area contributed by atoms with Crippen LogP contribution in [-0.4, -0.2) is 46.4 Å². The molecule has 0 saturated heterocycles. The van der Waals surface area contributed by atoms with Crippen LogP contribution in [0, 0.1) is 0 Å². The number of amides is 2. The van der Waals surface area contributed by atoms with E-state index >= 15 is 0 Å². The van der Waals surface area contributed by atoms with Gasteiger partial charge in [0.15, 0.2) is 12.1 Å². The normalized spacial score (nSPS) is 28.7. The standard InChI is InChI=1S/C16H15BrFN3O4/c17-10-3-1-2-9(6-10)14(23)16(19)12(18)7-21(15(24)20-16)13-5-4-11(8-22)25-13/h1-7,11,13,22H,8,19H2,(H,20,24)/t11-,13+,16?/m0/s1. The zero-order chi connectivity index (χ0) is 18.2. The predicted molar refractivity (Wildman–Crippen MR) is 89.8 cm³/mol. The van der Waals surface area contributed by atoms with Crippen molar-refractivity contribution in [2.24, 2.45) is 5.73 Å². The molecule has 0 fully saturated rings. The second-order valence-electron chi connectivity index (χ2n) is 5.59. The molecule has 0 saturated carbocycles. The first-order chi connectivity index (χ1) is 11.8. The summed E-state index contributed by atoms with van der Waals surface area (Å²) in [5.74, 6) is -1.81. The Balaban J connectivity index is 1.87. The highest BCUT2D eigenvalue weighted by Gasteiger charge is 2.47. The lowest BCUT2D eigenvalue weighted by molar-refractivity contribution is -0.0262. The highest BCUT2D eigenvalue weighted by molar-refractivity contribution is 9.10. The number of urea groups is 1. The molecule has 9 heteroatoms. The van der Waals surface area contributed by atoms with Crippen LogP contribution < -0.4 is 11.1 Å². The fraction of sp³-hybridized carbons (Fsp3) is 0.250. The Morgan fingerprint density at radius 2 is 2.24 bits per heavy atom. The lowest BCUT2D eigenvalue weighted by Crippen LogP contribution is -2.67. The summed E-state index contributed by atoms with van der Waals surface area (Å²) in [5.41, 5.74) is 3.71. The number of ether oxygens (including phenoxy) is 1. The summed E-state index contributed by atoms with van der Waals surface area (Å²) in [7, 11) is 0. The van der Waals surface area contributed by atoms with Crippen molar-refractivity contribution in [2.75, 3.05) is 6.61 Å². The van der Waals surface area contributed by atoms with Gasteiger partial charge in [-0.25, -0.2) is 9.18 Å². The van der Waals surface area contributed by atoms with Crippen LogP contribution in [0.5, 0.6) is 0 Å². The van der Waals surface area contributed by atoms with Crippen LogP contribution in [0.3, 0.4) is 0 Å². The maximum atomic E-state index is 14.6. The number of nitrogens with two attached hydrogens (primary N) is 1. The molecule has 0 aliphatic carbocycles. The third-order valence-corrected chi connectivity index (χ3v) is 4.36. The summed E-state index contributed by atoms with van der Waals surface area (Å²) in [4.78, 5) is 25.9. The summed E-state index contributed by atoms with van der Waals surface area (Å²) in [5, 5.41) is 11.3. The van der Waals surface area contributed by atoms with Gasteiger partial charge in [0.1, 0.15) is 6.10 Å². The van der Waals surface area contributed by atoms with E-state index in [4.69, 9.17) is 15.6 Å². The minimum atomic E-state index is -2.30. The summed E-state index contributed by atoms with van der Waals surface area (Å²) < 4.78 is 20.6. The Morgan fingerprint density at radius 3 is 2.88 bits per heavy atom. The smallest absolute Gasteiger partial charge is 0.326 e. The number of benzene rings is 1. The topological polar surface area (TPSA) is 105 Å². The minimum absolute atomic E-state index is 0.145. The number of hydrogen-bond donors (Lipinski definition) is 3. The molecule has 0 bridgehead atoms. The third-order valence-electron chi connectivity index (χ3n) is 3.87. The molecule has 2 aliphatic heterocycles. The van der Waals surface area contributed by atoms with Crippen LogP contribution in [0.2, 0.25) is 0 Å². The van der Waals surface area contributed by atoms with Crippen LogP contribution in [0.15, 0.2) is 52.9 Å². The SMILES string of the molecule is NC1(C(=O)c2cccc(Br)c2)NC(=O)N([C@H]2C=C[C@@H](CO)O2)C=C1F. The van der Waals surface area contributed by atoms with E-state index in [0.717, 1.165) is 11.1 Å². The molecule has 4 N–H and O–H groups in total. The number of aliphatic hydroxyl groups is 1. The molecule has 2 heterocycles. The first kappa shape index (κ1) is 17.7. The number of carbonyl (C=O) groups is 2. The molecular formula is C16H15BrFN3O4. The summed E-state index contributed by atoms with van der Waals surface area (Å²) in [6.07, 6.45) is 2.42. The molecule has 1 aromatic carbocycles. The van der Waals surface area contributed by atoms with Gasteiger partial charge in [-0.1, -0.05) is 34.1 Å². The van der Waals surface area contributed by atoms with Gasteiger partial charge in [0.25, 0.3) is 0 Å². The Morgan fingerprint density at radius 1 is 1.48 bits per heavy atom. The number of nitrogens with one attached hydrogen (secondary N) is 1. The zero-order valence-electron chi connectivity index (χ0n) is 12.9. The van der Waals surface area contributed by atoms with Gasteiger partial charge in [-0.2, -0.15) is 0 Å². The second-order valence-corrected chi connectivity index (χ2v) is 6.51. The lowest BCUT2D eigenvalue weighted by atomic mass is 9.96. The first-order valence-corrected chi connectivity index (χ1v) is 8.16. The Labute approximate surface area is 151 Å². The molecule has 3 atom stereocenters. The Kier molecular flexibility index (Phi) is 4.74. The van der Waals surface area contributed by atoms with Gasteiger partial charge in [-0.3, -0.25) is 15.4 Å². The van der Waals surface area contributed by atoms with Gasteiger partial charge in [0, 0.05) is 16.2 Å². The van der Waals surface area contributed by atoms with Crippen LogP contribution >= 0.6 is 15.9 Å². The molecule has 0 radical (unpaired) electrons. The van der Waals surface area contributed by atoms with Crippen LogP contribution in [-0.2, 0) is 4.74 Å². The Hall–Kier alpha value is -2.07. The van der Waals surface area contributed by atoms with E-state index < -0.39 is 35.6 Å². The summed E-state index contributed by atoms with van der Waals surface area (Å²) >= 11 is 3.22. The van der Waals surface area contributed by atoms with Crippen molar-refractivity contribution in [3.05, 3.63) is 58.5 Å². The van der Waals surface area contributed by atoms with E-state index in [1.165, 1.54) is 18.2 Å². The number of Topliss-reactive ketones (excluding diaryl/α,β-unsaturated/α-hetero) is 1. The molecular weight excluding hydrogens is 397 g/mol. The molecule has 2 aliphatic rings. The molecule has 25 heavy (non-hydrogen) atoms.